The first-order chi connectivity index (χ1) is 9.29. The molecular weight excluding hydrogens is 345 g/mol. The molecule has 0 amide bonds. The Hall–Kier alpha value is -1.40. The smallest absolute Gasteiger partial charge is 0.262 e. The van der Waals surface area contributed by atoms with Crippen LogP contribution in [0.2, 0.25) is 0 Å². The van der Waals surface area contributed by atoms with E-state index in [0.717, 1.165) is 11.6 Å². The quantitative estimate of drug-likeness (QED) is 0.901. The van der Waals surface area contributed by atoms with Crippen molar-refractivity contribution in [3.05, 3.63) is 57.8 Å². The first kappa shape index (κ1) is 15.0. The highest BCUT2D eigenvalue weighted by Gasteiger charge is 2.18. The summed E-state index contributed by atoms with van der Waals surface area (Å²) in [5, 5.41) is 0. The van der Waals surface area contributed by atoms with E-state index in [-0.39, 0.29) is 10.6 Å². The average Bonchev–Trinajstić information content (AvgIpc) is 2.33. The zero-order valence-electron chi connectivity index (χ0n) is 10.9. The number of benzene rings is 2. The largest absolute Gasteiger partial charge is 0.278 e. The fraction of sp³-hybridized carbons (Fsp3) is 0.143. The van der Waals surface area contributed by atoms with Crippen molar-refractivity contribution in [3.63, 3.8) is 0 Å². The van der Waals surface area contributed by atoms with Crippen LogP contribution in [0.1, 0.15) is 11.1 Å². The van der Waals surface area contributed by atoms with E-state index in [2.05, 4.69) is 20.7 Å². The minimum atomic E-state index is -3.75. The fourth-order valence-electron chi connectivity index (χ4n) is 1.88. The summed E-state index contributed by atoms with van der Waals surface area (Å²) in [7, 11) is -3.75. The molecule has 106 valence electrons. The molecule has 0 bridgehead atoms. The molecule has 0 aliphatic carbocycles. The van der Waals surface area contributed by atoms with E-state index in [1.54, 1.807) is 25.1 Å². The fourth-order valence-corrected chi connectivity index (χ4v) is 3.65. The Kier molecular flexibility index (Phi) is 4.15. The zero-order valence-corrected chi connectivity index (χ0v) is 13.3. The molecule has 0 atom stereocenters. The molecule has 0 saturated heterocycles. The third-order valence-electron chi connectivity index (χ3n) is 2.79. The lowest BCUT2D eigenvalue weighted by molar-refractivity contribution is 0.600. The van der Waals surface area contributed by atoms with Crippen molar-refractivity contribution in [1.82, 2.24) is 0 Å². The van der Waals surface area contributed by atoms with Crippen LogP contribution >= 0.6 is 15.9 Å². The molecule has 0 radical (unpaired) electrons. The highest BCUT2D eigenvalue weighted by atomic mass is 79.9. The molecule has 0 aliphatic heterocycles. The maximum atomic E-state index is 13.2. The van der Waals surface area contributed by atoms with Crippen molar-refractivity contribution in [1.29, 1.82) is 0 Å². The minimum absolute atomic E-state index is 0.171. The molecule has 0 aliphatic rings. The second-order valence-electron chi connectivity index (χ2n) is 4.50. The molecule has 0 unspecified atom stereocenters. The van der Waals surface area contributed by atoms with E-state index in [4.69, 9.17) is 0 Å². The Morgan fingerprint density at radius 3 is 2.45 bits per heavy atom. The molecule has 0 heterocycles. The van der Waals surface area contributed by atoms with Gasteiger partial charge in [-0.2, -0.15) is 0 Å². The zero-order chi connectivity index (χ0) is 14.9. The summed E-state index contributed by atoms with van der Waals surface area (Å²) in [5.41, 5.74) is 1.79. The monoisotopic (exact) mass is 357 g/mol. The Morgan fingerprint density at radius 2 is 1.80 bits per heavy atom. The Bertz CT molecular complexity index is 760. The van der Waals surface area contributed by atoms with Gasteiger partial charge in [0.2, 0.25) is 0 Å². The van der Waals surface area contributed by atoms with Gasteiger partial charge in [0, 0.05) is 4.47 Å². The predicted molar refractivity (Wildman–Crippen MR) is 80.8 cm³/mol. The van der Waals surface area contributed by atoms with E-state index in [9.17, 15) is 12.8 Å². The molecule has 0 aromatic heterocycles. The first-order valence-electron chi connectivity index (χ1n) is 5.85. The van der Waals surface area contributed by atoms with Gasteiger partial charge in [-0.05, 0) is 59.6 Å². The van der Waals surface area contributed by atoms with Gasteiger partial charge in [0.25, 0.3) is 10.0 Å². The molecule has 1 N–H and O–H groups in total. The molecule has 0 spiro atoms. The van der Waals surface area contributed by atoms with E-state index in [1.165, 1.54) is 12.1 Å². The van der Waals surface area contributed by atoms with Gasteiger partial charge in [-0.3, -0.25) is 4.72 Å². The predicted octanol–water partition coefficient (Wildman–Crippen LogP) is 4.01. The molecule has 0 fully saturated rings. The molecule has 2 aromatic rings. The van der Waals surface area contributed by atoms with E-state index in [1.807, 2.05) is 6.92 Å². The second kappa shape index (κ2) is 5.54. The van der Waals surface area contributed by atoms with Gasteiger partial charge in [-0.15, -0.1) is 0 Å². The summed E-state index contributed by atoms with van der Waals surface area (Å²) in [6.45, 7) is 3.61. The highest BCUT2D eigenvalue weighted by Crippen LogP contribution is 2.27. The summed E-state index contributed by atoms with van der Waals surface area (Å²) in [6, 6.07) is 8.89. The van der Waals surface area contributed by atoms with Crippen molar-refractivity contribution < 1.29 is 12.8 Å². The summed E-state index contributed by atoms with van der Waals surface area (Å²) in [4.78, 5) is 0.180. The number of hydrogen-bond donors (Lipinski definition) is 1. The maximum Gasteiger partial charge on any atom is 0.262 e. The van der Waals surface area contributed by atoms with Crippen molar-refractivity contribution in [2.24, 2.45) is 0 Å². The van der Waals surface area contributed by atoms with Gasteiger partial charge in [-0.25, -0.2) is 12.8 Å². The summed E-state index contributed by atoms with van der Waals surface area (Å²) in [6.07, 6.45) is 0. The van der Waals surface area contributed by atoms with Crippen molar-refractivity contribution in [3.8, 4) is 0 Å². The van der Waals surface area contributed by atoms with Crippen molar-refractivity contribution in [2.75, 3.05) is 4.72 Å². The van der Waals surface area contributed by atoms with Crippen molar-refractivity contribution in [2.45, 2.75) is 18.7 Å². The number of nitrogens with one attached hydrogen (secondary N) is 1. The van der Waals surface area contributed by atoms with Crippen LogP contribution in [0.4, 0.5) is 10.1 Å². The van der Waals surface area contributed by atoms with Crippen LogP contribution in [0.5, 0.6) is 0 Å². The number of rotatable bonds is 3. The number of aryl methyl sites for hydroxylation is 2. The van der Waals surface area contributed by atoms with Crippen LogP contribution in [0.3, 0.4) is 0 Å². The molecule has 6 heteroatoms. The third-order valence-corrected chi connectivity index (χ3v) is 5.01. The van der Waals surface area contributed by atoms with Crippen LogP contribution in [0.25, 0.3) is 0 Å². The van der Waals surface area contributed by atoms with Crippen LogP contribution < -0.4 is 4.72 Å². The number of hydrogen-bond acceptors (Lipinski definition) is 2. The standard InChI is InChI=1S/C14H13BrFNO2S/c1-9-3-6-14(10(2)7-9)20(18,19)17-13-8-11(16)4-5-12(13)15/h3-8,17H,1-2H3. The van der Waals surface area contributed by atoms with Crippen LogP contribution in [-0.4, -0.2) is 8.42 Å². The van der Waals surface area contributed by atoms with Crippen LogP contribution in [0, 0.1) is 19.7 Å². The summed E-state index contributed by atoms with van der Waals surface area (Å²) >= 11 is 3.19. The first-order valence-corrected chi connectivity index (χ1v) is 8.12. The SMILES string of the molecule is Cc1ccc(S(=O)(=O)Nc2cc(F)ccc2Br)c(C)c1. The normalized spacial score (nSPS) is 11.4. The van der Waals surface area contributed by atoms with E-state index >= 15 is 0 Å². The maximum absolute atomic E-state index is 13.2. The topological polar surface area (TPSA) is 46.2 Å². The van der Waals surface area contributed by atoms with Crippen molar-refractivity contribution >= 4 is 31.6 Å². The van der Waals surface area contributed by atoms with Gasteiger partial charge in [0.15, 0.2) is 0 Å². The highest BCUT2D eigenvalue weighted by molar-refractivity contribution is 9.10. The molecule has 3 nitrogen and oxygen atoms in total. The third kappa shape index (κ3) is 3.19. The van der Waals surface area contributed by atoms with Crippen LogP contribution in [-0.2, 0) is 10.0 Å². The Morgan fingerprint density at radius 1 is 1.10 bits per heavy atom. The van der Waals surface area contributed by atoms with E-state index < -0.39 is 15.8 Å². The number of halogens is 2. The minimum Gasteiger partial charge on any atom is -0.278 e. The van der Waals surface area contributed by atoms with Gasteiger partial charge in [0.05, 0.1) is 10.6 Å². The van der Waals surface area contributed by atoms with Crippen LogP contribution in [0.15, 0.2) is 45.8 Å². The van der Waals surface area contributed by atoms with E-state index in [0.29, 0.717) is 10.0 Å². The molecule has 2 aromatic carbocycles. The molecule has 0 saturated carbocycles. The van der Waals surface area contributed by atoms with Gasteiger partial charge >= 0.3 is 0 Å². The summed E-state index contributed by atoms with van der Waals surface area (Å²) in [5.74, 6) is -0.508. The number of sulfonamides is 1. The van der Waals surface area contributed by atoms with Gasteiger partial charge < -0.3 is 0 Å². The Labute approximate surface area is 126 Å². The lowest BCUT2D eigenvalue weighted by atomic mass is 10.2. The molecule has 2 rings (SSSR count). The summed E-state index contributed by atoms with van der Waals surface area (Å²) < 4.78 is 40.8. The van der Waals surface area contributed by atoms with Gasteiger partial charge in [-0.1, -0.05) is 17.7 Å². The average molecular weight is 358 g/mol. The molecule has 20 heavy (non-hydrogen) atoms. The Balaban J connectivity index is 2.43. The van der Waals surface area contributed by atoms with Gasteiger partial charge in [0.1, 0.15) is 5.82 Å². The number of anilines is 1. The lowest BCUT2D eigenvalue weighted by Crippen LogP contribution is -2.14. The second-order valence-corrected chi connectivity index (χ2v) is 7.00. The lowest BCUT2D eigenvalue weighted by Gasteiger charge is -2.12. The molecular formula is C14H13BrFNO2S.